The molecule has 116 valence electrons. The molecule has 0 aromatic carbocycles. The van der Waals surface area contributed by atoms with Gasteiger partial charge in [0.05, 0.1) is 12.7 Å². The van der Waals surface area contributed by atoms with Crippen LogP contribution in [0.5, 0.6) is 0 Å². The van der Waals surface area contributed by atoms with E-state index in [0.29, 0.717) is 32.1 Å². The van der Waals surface area contributed by atoms with Gasteiger partial charge in [-0.3, -0.25) is 0 Å². The van der Waals surface area contributed by atoms with Crippen molar-refractivity contribution in [3.8, 4) is 0 Å². The molecule has 1 aliphatic rings. The standard InChI is InChI=1S/C11H20N4O3S.ClH/c1-3-14-8-11(13-9(14)2)19(16,17)15-4-5-18-10(6-12)7-15;/h8,10H,3-7,12H2,1-2H3;1H. The molecule has 9 heteroatoms. The normalized spacial score (nSPS) is 20.6. The lowest BCUT2D eigenvalue weighted by molar-refractivity contribution is 0.00444. The molecule has 1 aliphatic heterocycles. The van der Waals surface area contributed by atoms with Crippen molar-refractivity contribution in [2.75, 3.05) is 26.2 Å². The monoisotopic (exact) mass is 324 g/mol. The molecule has 0 amide bonds. The first-order chi connectivity index (χ1) is 8.98. The van der Waals surface area contributed by atoms with Gasteiger partial charge in [-0.1, -0.05) is 0 Å². The van der Waals surface area contributed by atoms with Gasteiger partial charge in [-0.05, 0) is 13.8 Å². The van der Waals surface area contributed by atoms with Crippen LogP contribution in [0.4, 0.5) is 0 Å². The Labute approximate surface area is 125 Å². The molecule has 20 heavy (non-hydrogen) atoms. The number of halogens is 1. The number of morpholine rings is 1. The molecular weight excluding hydrogens is 304 g/mol. The van der Waals surface area contributed by atoms with Crippen molar-refractivity contribution in [1.82, 2.24) is 13.9 Å². The maximum atomic E-state index is 12.5. The van der Waals surface area contributed by atoms with Crippen LogP contribution in [0.1, 0.15) is 12.7 Å². The number of aryl methyl sites for hydroxylation is 2. The molecule has 1 aromatic heterocycles. The largest absolute Gasteiger partial charge is 0.374 e. The van der Waals surface area contributed by atoms with Crippen LogP contribution in [0.3, 0.4) is 0 Å². The fraction of sp³-hybridized carbons (Fsp3) is 0.727. The summed E-state index contributed by atoms with van der Waals surface area (Å²) in [4.78, 5) is 4.14. The molecule has 1 saturated heterocycles. The van der Waals surface area contributed by atoms with Gasteiger partial charge in [0.25, 0.3) is 10.0 Å². The first-order valence-corrected chi connectivity index (χ1v) is 7.78. The maximum Gasteiger partial charge on any atom is 0.262 e. The molecule has 2 rings (SSSR count). The second-order valence-corrected chi connectivity index (χ2v) is 6.39. The van der Waals surface area contributed by atoms with Gasteiger partial charge in [0, 0.05) is 32.4 Å². The van der Waals surface area contributed by atoms with Crippen molar-refractivity contribution in [2.24, 2.45) is 5.73 Å². The number of imidazole rings is 1. The molecule has 0 spiro atoms. The Kier molecular flexibility index (Phi) is 5.96. The summed E-state index contributed by atoms with van der Waals surface area (Å²) < 4.78 is 33.6. The number of sulfonamides is 1. The fourth-order valence-corrected chi connectivity index (χ4v) is 3.56. The topological polar surface area (TPSA) is 90.5 Å². The van der Waals surface area contributed by atoms with E-state index in [9.17, 15) is 8.42 Å². The third kappa shape index (κ3) is 3.32. The van der Waals surface area contributed by atoms with Crippen LogP contribution in [-0.2, 0) is 21.3 Å². The van der Waals surface area contributed by atoms with Crippen molar-refractivity contribution < 1.29 is 13.2 Å². The Bertz CT molecular complexity index is 546. The van der Waals surface area contributed by atoms with Crippen molar-refractivity contribution in [3.63, 3.8) is 0 Å². The Balaban J connectivity index is 0.00000200. The van der Waals surface area contributed by atoms with Crippen LogP contribution < -0.4 is 5.73 Å². The summed E-state index contributed by atoms with van der Waals surface area (Å²) in [6, 6.07) is 0. The minimum Gasteiger partial charge on any atom is -0.374 e. The Morgan fingerprint density at radius 1 is 1.55 bits per heavy atom. The summed E-state index contributed by atoms with van der Waals surface area (Å²) in [7, 11) is -3.55. The van der Waals surface area contributed by atoms with Crippen LogP contribution >= 0.6 is 12.4 Å². The van der Waals surface area contributed by atoms with E-state index in [0.717, 1.165) is 0 Å². The summed E-state index contributed by atoms with van der Waals surface area (Å²) in [5.41, 5.74) is 5.53. The molecular formula is C11H21ClN4O3S. The average molecular weight is 325 g/mol. The van der Waals surface area contributed by atoms with E-state index in [-0.39, 0.29) is 30.1 Å². The first-order valence-electron chi connectivity index (χ1n) is 6.34. The van der Waals surface area contributed by atoms with Crippen molar-refractivity contribution in [2.45, 2.75) is 31.5 Å². The van der Waals surface area contributed by atoms with Gasteiger partial charge in [0.2, 0.25) is 0 Å². The van der Waals surface area contributed by atoms with Gasteiger partial charge in [-0.2, -0.15) is 4.31 Å². The molecule has 2 N–H and O–H groups in total. The highest BCUT2D eigenvalue weighted by Gasteiger charge is 2.32. The highest BCUT2D eigenvalue weighted by atomic mass is 35.5. The zero-order valence-electron chi connectivity index (χ0n) is 11.7. The lowest BCUT2D eigenvalue weighted by Gasteiger charge is -2.30. The van der Waals surface area contributed by atoms with E-state index in [1.807, 2.05) is 11.5 Å². The van der Waals surface area contributed by atoms with Crippen molar-refractivity contribution in [1.29, 1.82) is 0 Å². The van der Waals surface area contributed by atoms with E-state index < -0.39 is 10.0 Å². The van der Waals surface area contributed by atoms with E-state index in [1.165, 1.54) is 4.31 Å². The number of nitrogens with zero attached hydrogens (tertiary/aromatic N) is 3. The Morgan fingerprint density at radius 3 is 2.80 bits per heavy atom. The predicted octanol–water partition coefficient (Wildman–Crippen LogP) is -0.0186. The van der Waals surface area contributed by atoms with E-state index in [4.69, 9.17) is 10.5 Å². The van der Waals surface area contributed by atoms with Gasteiger partial charge in [-0.25, -0.2) is 13.4 Å². The lowest BCUT2D eigenvalue weighted by atomic mass is 10.3. The summed E-state index contributed by atoms with van der Waals surface area (Å²) in [5.74, 6) is 0.699. The van der Waals surface area contributed by atoms with Gasteiger partial charge in [0.15, 0.2) is 5.03 Å². The molecule has 1 unspecified atom stereocenters. The third-order valence-electron chi connectivity index (χ3n) is 3.26. The van der Waals surface area contributed by atoms with E-state index in [1.54, 1.807) is 13.1 Å². The van der Waals surface area contributed by atoms with Crippen molar-refractivity contribution in [3.05, 3.63) is 12.0 Å². The summed E-state index contributed by atoms with van der Waals surface area (Å²) in [6.07, 6.45) is 1.34. The SMILES string of the molecule is CCn1cc(S(=O)(=O)N2CCOC(CN)C2)nc1C.Cl. The first kappa shape index (κ1) is 17.4. The minimum atomic E-state index is -3.55. The summed E-state index contributed by atoms with van der Waals surface area (Å²) in [5, 5.41) is 0.101. The molecule has 0 radical (unpaired) electrons. The smallest absolute Gasteiger partial charge is 0.262 e. The van der Waals surface area contributed by atoms with Crippen LogP contribution in [0, 0.1) is 6.92 Å². The number of hydrogen-bond acceptors (Lipinski definition) is 5. The van der Waals surface area contributed by atoms with Gasteiger partial charge in [-0.15, -0.1) is 12.4 Å². The van der Waals surface area contributed by atoms with Crippen LogP contribution in [0.15, 0.2) is 11.2 Å². The fourth-order valence-electron chi connectivity index (χ4n) is 2.11. The van der Waals surface area contributed by atoms with E-state index >= 15 is 0 Å². The third-order valence-corrected chi connectivity index (χ3v) is 5.00. The average Bonchev–Trinajstić information content (AvgIpc) is 2.80. The van der Waals surface area contributed by atoms with Crippen molar-refractivity contribution >= 4 is 22.4 Å². The molecule has 0 aliphatic carbocycles. The quantitative estimate of drug-likeness (QED) is 0.840. The van der Waals surface area contributed by atoms with Gasteiger partial charge in [0.1, 0.15) is 5.82 Å². The van der Waals surface area contributed by atoms with Gasteiger partial charge >= 0.3 is 0 Å². The van der Waals surface area contributed by atoms with Gasteiger partial charge < -0.3 is 15.0 Å². The minimum absolute atomic E-state index is 0. The van der Waals surface area contributed by atoms with Crippen LogP contribution in [0.2, 0.25) is 0 Å². The molecule has 2 heterocycles. The highest BCUT2D eigenvalue weighted by molar-refractivity contribution is 7.89. The molecule has 7 nitrogen and oxygen atoms in total. The number of nitrogens with two attached hydrogens (primary N) is 1. The summed E-state index contributed by atoms with van der Waals surface area (Å²) >= 11 is 0. The molecule has 0 saturated carbocycles. The number of rotatable bonds is 4. The number of ether oxygens (including phenoxy) is 1. The highest BCUT2D eigenvalue weighted by Crippen LogP contribution is 2.18. The Morgan fingerprint density at radius 2 is 2.25 bits per heavy atom. The Hall–Kier alpha value is -0.670. The molecule has 1 atom stereocenters. The predicted molar refractivity (Wildman–Crippen MR) is 77.4 cm³/mol. The lowest BCUT2D eigenvalue weighted by Crippen LogP contribution is -2.48. The van der Waals surface area contributed by atoms with E-state index in [2.05, 4.69) is 4.98 Å². The van der Waals surface area contributed by atoms with Crippen LogP contribution in [-0.4, -0.2) is 54.6 Å². The summed E-state index contributed by atoms with van der Waals surface area (Å²) in [6.45, 7) is 5.76. The number of hydrogen-bond donors (Lipinski definition) is 1. The second-order valence-electron chi connectivity index (χ2n) is 4.50. The zero-order chi connectivity index (χ0) is 14.0. The second kappa shape index (κ2) is 6.86. The molecule has 1 fully saturated rings. The molecule has 1 aromatic rings. The number of aromatic nitrogens is 2. The molecule has 0 bridgehead atoms. The maximum absolute atomic E-state index is 12.5. The van der Waals surface area contributed by atoms with Crippen LogP contribution in [0.25, 0.3) is 0 Å². The zero-order valence-corrected chi connectivity index (χ0v) is 13.3.